The quantitative estimate of drug-likeness (QED) is 0.0290. The number of hydrogen-bond donors (Lipinski definition) is 4. The predicted molar refractivity (Wildman–Crippen MR) is 374 cm³/mol. The first kappa shape index (κ1) is 70.2. The van der Waals surface area contributed by atoms with E-state index in [9.17, 15) is 74.4 Å². The van der Waals surface area contributed by atoms with Crippen LogP contribution in [0.15, 0.2) is 179 Å². The van der Waals surface area contributed by atoms with Crippen molar-refractivity contribution in [3.63, 3.8) is 0 Å². The van der Waals surface area contributed by atoms with Gasteiger partial charge < -0.3 is 34.6 Å². The van der Waals surface area contributed by atoms with Crippen molar-refractivity contribution >= 4 is 125 Å². The van der Waals surface area contributed by atoms with E-state index in [1.54, 1.807) is 88.9 Å². The molecule has 3 saturated heterocycles. The van der Waals surface area contributed by atoms with Crippen molar-refractivity contribution in [2.24, 2.45) is 0 Å². The van der Waals surface area contributed by atoms with E-state index < -0.39 is 73.9 Å². The average molecular weight is 1450 g/mol. The Balaban J connectivity index is 0.000000142. The van der Waals surface area contributed by atoms with Crippen LogP contribution in [0.4, 0.5) is 32.5 Å². The van der Waals surface area contributed by atoms with Gasteiger partial charge in [0.05, 0.1) is 49.6 Å². The van der Waals surface area contributed by atoms with E-state index in [0.29, 0.717) is 69.9 Å². The highest BCUT2D eigenvalue weighted by Crippen LogP contribution is 2.48. The second-order valence-corrected chi connectivity index (χ2v) is 26.5. The van der Waals surface area contributed by atoms with Gasteiger partial charge >= 0.3 is 17.7 Å². The van der Waals surface area contributed by atoms with Crippen LogP contribution in [-0.4, -0.2) is 110 Å². The molecule has 0 spiro atoms. The summed E-state index contributed by atoms with van der Waals surface area (Å²) in [6.07, 6.45) is 6.42. The van der Waals surface area contributed by atoms with Gasteiger partial charge in [-0.2, -0.15) is 0 Å². The fourth-order valence-electron chi connectivity index (χ4n) is 12.6. The minimum absolute atomic E-state index is 0.00209. The molecule has 3 aromatic heterocycles. The van der Waals surface area contributed by atoms with E-state index in [0.717, 1.165) is 57.6 Å². The Morgan fingerprint density at radius 3 is 0.932 bits per heavy atom. The van der Waals surface area contributed by atoms with Crippen LogP contribution in [0.3, 0.4) is 0 Å². The normalized spacial score (nSPS) is 20.6. The Labute approximate surface area is 594 Å². The average Bonchev–Trinajstić information content (AvgIpc) is 1.61. The highest BCUT2D eigenvalue weighted by Gasteiger charge is 2.51. The number of ketones is 3. The topological polar surface area (TPSA) is 406 Å². The van der Waals surface area contributed by atoms with E-state index in [2.05, 4.69) is 15.0 Å². The van der Waals surface area contributed by atoms with Crippen molar-refractivity contribution in [1.82, 2.24) is 15.0 Å². The molecule has 32 heteroatoms. The van der Waals surface area contributed by atoms with Crippen LogP contribution >= 0.6 is 34.0 Å². The maximum Gasteiger partial charge on any atom is 0.301 e. The second kappa shape index (κ2) is 28.9. The molecule has 0 radical (unpaired) electrons. The van der Waals surface area contributed by atoms with E-state index in [1.807, 2.05) is 20.8 Å². The van der Waals surface area contributed by atoms with Gasteiger partial charge in [-0.3, -0.25) is 78.6 Å². The summed E-state index contributed by atoms with van der Waals surface area (Å²) in [5, 5.41) is 80.9. The molecule has 3 fully saturated rings. The van der Waals surface area contributed by atoms with Gasteiger partial charge in [0.15, 0.2) is 15.4 Å². The first-order chi connectivity index (χ1) is 49.3. The summed E-state index contributed by atoms with van der Waals surface area (Å²) in [5.41, 5.74) is 3.65. The summed E-state index contributed by atoms with van der Waals surface area (Å²) >= 11 is 3.44. The molecule has 9 aromatic rings. The lowest BCUT2D eigenvalue weighted by Gasteiger charge is -2.22. The number of aliphatic hydroxyl groups is 3. The molecular weight excluding hydrogens is 1400 g/mol. The SMILES string of the molecule is CC(=O)O.CC1Cc2cc(C(O)=C3C(=O)C(=O)N(c4nccs4)C3c3cccc([N+](=O)[O-])c3)ccc2O1.CC1Cc2cc(C(O)=C3C(=O)C(=O)N(c4nccs4)C3c3cccc([N+](=O)[O-])c3)ccc2O1.CC1Cc2cc(C(O)=C3C(=O)C(=O)N(c4nccs4)C3c3cccc([N+](=O)[O-])c3)ccc2O1. The number of thiazole rings is 3. The Bertz CT molecular complexity index is 4600. The number of amides is 3. The van der Waals surface area contributed by atoms with Gasteiger partial charge in [-0.1, -0.05) is 36.4 Å². The molecule has 4 N–H and O–H groups in total. The van der Waals surface area contributed by atoms with Crippen LogP contribution in [0.1, 0.15) is 95.9 Å². The standard InChI is InChI=1S/3C23H17N3O6S.C2H4O2/c3*1-12-9-15-10-14(5-6-17(15)32-12)20(27)18-19(13-3-2-4-16(11-13)26(30)31)25(22(29)21(18)28)23-24-7-8-33-23;1-2(3)4/h3*2-8,10-12,19,27H,9H2,1H3;1H3,(H,3,4). The Morgan fingerprint density at radius 2 is 0.699 bits per heavy atom. The first-order valence-electron chi connectivity index (χ1n) is 31.2. The van der Waals surface area contributed by atoms with Crippen molar-refractivity contribution in [2.75, 3.05) is 14.7 Å². The van der Waals surface area contributed by atoms with E-state index in [1.165, 1.54) is 87.9 Å². The molecule has 522 valence electrons. The minimum atomic E-state index is -1.07. The molecule has 9 heterocycles. The number of non-ortho nitro benzene ring substituents is 3. The molecule has 6 aliphatic rings. The van der Waals surface area contributed by atoms with Crippen molar-refractivity contribution in [3.05, 3.63) is 259 Å². The molecule has 29 nitrogen and oxygen atoms in total. The fraction of sp³-hybridized carbons (Fsp3) is 0.183. The van der Waals surface area contributed by atoms with Gasteiger partial charge in [0.25, 0.3) is 40.4 Å². The number of benzene rings is 6. The van der Waals surface area contributed by atoms with E-state index >= 15 is 0 Å². The molecule has 3 amide bonds. The van der Waals surface area contributed by atoms with Crippen molar-refractivity contribution < 1.29 is 83.0 Å². The lowest BCUT2D eigenvalue weighted by molar-refractivity contribution is -0.385. The maximum absolute atomic E-state index is 13.1. The van der Waals surface area contributed by atoms with Gasteiger partial charge in [0.2, 0.25) is 0 Å². The van der Waals surface area contributed by atoms with Crippen LogP contribution in [-0.2, 0) is 52.8 Å². The highest BCUT2D eigenvalue weighted by molar-refractivity contribution is 7.14. The third kappa shape index (κ3) is 13.9. The molecule has 103 heavy (non-hydrogen) atoms. The summed E-state index contributed by atoms with van der Waals surface area (Å²) in [6.45, 7) is 6.88. The number of aliphatic hydroxyl groups excluding tert-OH is 3. The number of nitrogens with zero attached hydrogens (tertiary/aromatic N) is 9. The maximum atomic E-state index is 13.1. The van der Waals surface area contributed by atoms with Gasteiger partial charge in [0.1, 0.15) is 52.8 Å². The van der Waals surface area contributed by atoms with Crippen LogP contribution in [0.2, 0.25) is 0 Å². The summed E-state index contributed by atoms with van der Waals surface area (Å²) in [6, 6.07) is 29.0. The van der Waals surface area contributed by atoms with Gasteiger partial charge in [-0.15, -0.1) is 34.0 Å². The third-order valence-corrected chi connectivity index (χ3v) is 19.2. The van der Waals surface area contributed by atoms with Gasteiger partial charge in [0, 0.05) is 114 Å². The van der Waals surface area contributed by atoms with Crippen molar-refractivity contribution in [3.8, 4) is 17.2 Å². The number of carboxylic acids is 1. The van der Waals surface area contributed by atoms with Crippen LogP contribution in [0.5, 0.6) is 17.2 Å². The first-order valence-corrected chi connectivity index (χ1v) is 33.9. The number of Topliss-reactive ketones (excluding diaryl/α,β-unsaturated/α-hetero) is 3. The lowest BCUT2D eigenvalue weighted by Crippen LogP contribution is -2.29. The molecule has 6 aromatic carbocycles. The number of carbonyl (C=O) groups excluding carboxylic acids is 6. The summed E-state index contributed by atoms with van der Waals surface area (Å²) in [5.74, 6) is -5.02. The number of nitro groups is 3. The van der Waals surface area contributed by atoms with Crippen molar-refractivity contribution in [1.29, 1.82) is 0 Å². The number of anilines is 3. The monoisotopic (exact) mass is 1450 g/mol. The Kier molecular flexibility index (Phi) is 19.7. The van der Waals surface area contributed by atoms with Gasteiger partial charge in [-0.25, -0.2) is 15.0 Å². The molecule has 6 unspecified atom stereocenters. The number of fused-ring (bicyclic) bond motifs is 3. The number of nitro benzene ring substituents is 3. The number of rotatable bonds is 12. The minimum Gasteiger partial charge on any atom is -0.507 e. The largest absolute Gasteiger partial charge is 0.507 e. The second-order valence-electron chi connectivity index (χ2n) is 23.9. The van der Waals surface area contributed by atoms with E-state index in [4.69, 9.17) is 24.1 Å². The molecule has 6 aliphatic heterocycles. The number of ether oxygens (including phenoxy) is 3. The number of carboxylic acid groups (broad SMARTS) is 1. The zero-order valence-corrected chi connectivity index (χ0v) is 56.7. The van der Waals surface area contributed by atoms with Crippen molar-refractivity contribution in [2.45, 2.75) is 83.4 Å². The summed E-state index contributed by atoms with van der Waals surface area (Å²) in [7, 11) is 0. The number of aliphatic carboxylic acids is 1. The predicted octanol–water partition coefficient (Wildman–Crippen LogP) is 12.1. The van der Waals surface area contributed by atoms with Crippen LogP contribution < -0.4 is 28.9 Å². The smallest absolute Gasteiger partial charge is 0.301 e. The van der Waals surface area contributed by atoms with Crippen LogP contribution in [0, 0.1) is 30.3 Å². The number of hydrogen-bond acceptors (Lipinski definition) is 25. The highest BCUT2D eigenvalue weighted by atomic mass is 32.1. The summed E-state index contributed by atoms with van der Waals surface area (Å²) < 4.78 is 17.1. The molecule has 15 rings (SSSR count). The Hall–Kier alpha value is -12.7. The molecule has 6 atom stereocenters. The molecule has 0 aliphatic carbocycles. The molecule has 0 bridgehead atoms. The van der Waals surface area contributed by atoms with Gasteiger partial charge in [-0.05, 0) is 109 Å². The zero-order valence-electron chi connectivity index (χ0n) is 54.2. The summed E-state index contributed by atoms with van der Waals surface area (Å²) in [4.78, 5) is 136. The number of aromatic nitrogens is 3. The lowest BCUT2D eigenvalue weighted by atomic mass is 9.94. The third-order valence-electron chi connectivity index (χ3n) is 16.9. The van der Waals surface area contributed by atoms with E-state index in [-0.39, 0.29) is 84.8 Å². The number of carbonyl (C=O) groups is 7. The molecule has 0 saturated carbocycles. The Morgan fingerprint density at radius 1 is 0.437 bits per heavy atom. The zero-order chi connectivity index (χ0) is 73.4. The fourth-order valence-corrected chi connectivity index (χ4v) is 14.6. The van der Waals surface area contributed by atoms with Crippen LogP contribution in [0.25, 0.3) is 17.3 Å². The molecular formula is C71H55N9O20S3.